The quantitative estimate of drug-likeness (QED) is 0.315. The monoisotopic (exact) mass is 371 g/mol. The first kappa shape index (κ1) is 16.9. The lowest BCUT2D eigenvalue weighted by molar-refractivity contribution is -0.157. The first-order valence-electron chi connectivity index (χ1n) is 9.29. The molecule has 3 heterocycles. The van der Waals surface area contributed by atoms with Crippen LogP contribution < -0.4 is 0 Å². The molecular weight excluding hydrogens is 350 g/mol. The van der Waals surface area contributed by atoms with E-state index in [-0.39, 0.29) is 23.5 Å². The van der Waals surface area contributed by atoms with Crippen molar-refractivity contribution >= 4 is 23.6 Å². The summed E-state index contributed by atoms with van der Waals surface area (Å²) in [5, 5.41) is 0. The fourth-order valence-corrected chi connectivity index (χ4v) is 6.50. The van der Waals surface area contributed by atoms with Crippen molar-refractivity contribution in [3.8, 4) is 0 Å². The molecule has 27 heavy (non-hydrogen) atoms. The molecular formula is C20H21NO6. The molecule has 5 atom stereocenters. The zero-order valence-electron chi connectivity index (χ0n) is 15.3. The summed E-state index contributed by atoms with van der Waals surface area (Å²) in [5.41, 5.74) is -3.05. The van der Waals surface area contributed by atoms with Crippen molar-refractivity contribution in [1.82, 2.24) is 4.90 Å². The third-order valence-electron chi connectivity index (χ3n) is 7.54. The Morgan fingerprint density at radius 3 is 2.26 bits per heavy atom. The minimum Gasteiger partial charge on any atom is -0.468 e. The number of rotatable bonds is 3. The molecule has 2 saturated heterocycles. The molecule has 0 aromatic rings. The van der Waals surface area contributed by atoms with Crippen LogP contribution >= 0.6 is 0 Å². The maximum absolute atomic E-state index is 13.1. The van der Waals surface area contributed by atoms with E-state index in [4.69, 9.17) is 9.47 Å². The zero-order chi connectivity index (χ0) is 19.2. The Labute approximate surface area is 156 Å². The third-order valence-corrected chi connectivity index (χ3v) is 7.54. The van der Waals surface area contributed by atoms with Crippen LogP contribution in [-0.4, -0.2) is 54.8 Å². The number of likely N-dealkylation sites (tertiary alicyclic amines) is 1. The van der Waals surface area contributed by atoms with Crippen molar-refractivity contribution in [2.24, 2.45) is 22.2 Å². The number of imide groups is 1. The zero-order valence-corrected chi connectivity index (χ0v) is 15.3. The first-order chi connectivity index (χ1) is 12.8. The van der Waals surface area contributed by atoms with Crippen molar-refractivity contribution in [3.63, 3.8) is 0 Å². The molecule has 1 saturated carbocycles. The van der Waals surface area contributed by atoms with E-state index in [0.29, 0.717) is 25.7 Å². The fourth-order valence-electron chi connectivity index (χ4n) is 6.50. The maximum Gasteiger partial charge on any atom is 0.320 e. The van der Waals surface area contributed by atoms with Crippen LogP contribution in [0.4, 0.5) is 0 Å². The van der Waals surface area contributed by atoms with Crippen molar-refractivity contribution in [3.05, 3.63) is 24.3 Å². The minimum atomic E-state index is -1.23. The molecule has 2 bridgehead atoms. The lowest BCUT2D eigenvalue weighted by atomic mass is 9.61. The van der Waals surface area contributed by atoms with Crippen molar-refractivity contribution in [1.29, 1.82) is 0 Å². The molecule has 7 nitrogen and oxygen atoms in total. The Morgan fingerprint density at radius 2 is 1.78 bits per heavy atom. The molecule has 3 fully saturated rings. The smallest absolute Gasteiger partial charge is 0.320 e. The molecule has 7 heteroatoms. The summed E-state index contributed by atoms with van der Waals surface area (Å²) >= 11 is 0. The lowest BCUT2D eigenvalue weighted by Gasteiger charge is -2.33. The molecule has 2 aliphatic carbocycles. The van der Waals surface area contributed by atoms with Gasteiger partial charge in [0.05, 0.1) is 30.1 Å². The molecule has 5 aliphatic rings. The lowest BCUT2D eigenvalue weighted by Crippen LogP contribution is -2.46. The van der Waals surface area contributed by atoms with Gasteiger partial charge in [0.1, 0.15) is 5.41 Å². The average molecular weight is 371 g/mol. The Hall–Kier alpha value is -2.28. The largest absolute Gasteiger partial charge is 0.468 e. The van der Waals surface area contributed by atoms with E-state index < -0.39 is 34.4 Å². The average Bonchev–Trinajstić information content (AvgIpc) is 3.42. The highest BCUT2D eigenvalue weighted by atomic mass is 16.5. The van der Waals surface area contributed by atoms with Crippen LogP contribution in [0.5, 0.6) is 0 Å². The van der Waals surface area contributed by atoms with E-state index >= 15 is 0 Å². The number of hydrogen-bond donors (Lipinski definition) is 0. The van der Waals surface area contributed by atoms with Gasteiger partial charge in [0, 0.05) is 7.05 Å². The highest BCUT2D eigenvalue weighted by Crippen LogP contribution is 2.72. The van der Waals surface area contributed by atoms with Gasteiger partial charge < -0.3 is 9.47 Å². The van der Waals surface area contributed by atoms with Crippen molar-refractivity contribution in [2.75, 3.05) is 14.2 Å². The van der Waals surface area contributed by atoms with Gasteiger partial charge >= 0.3 is 5.97 Å². The van der Waals surface area contributed by atoms with Crippen LogP contribution in [0.1, 0.15) is 25.7 Å². The van der Waals surface area contributed by atoms with Crippen LogP contribution in [0.3, 0.4) is 0 Å². The van der Waals surface area contributed by atoms with E-state index in [1.807, 2.05) is 12.2 Å². The molecule has 5 rings (SSSR count). The summed E-state index contributed by atoms with van der Waals surface area (Å²) in [6.07, 6.45) is 7.55. The third kappa shape index (κ3) is 1.60. The highest BCUT2D eigenvalue weighted by molar-refractivity contribution is 6.13. The summed E-state index contributed by atoms with van der Waals surface area (Å²) in [7, 11) is 2.82. The van der Waals surface area contributed by atoms with E-state index in [9.17, 15) is 19.2 Å². The normalized spacial score (nSPS) is 46.5. The van der Waals surface area contributed by atoms with Gasteiger partial charge in [-0.05, 0) is 37.7 Å². The molecule has 2 amide bonds. The second-order valence-corrected chi connectivity index (χ2v) is 8.50. The number of esters is 1. The Bertz CT molecular complexity index is 821. The standard InChI is InChI=1S/C20H21NO6/c1-21-15(23)19-9-11(8-18(17(25)26-2)7-3-4-12(18)22)10-20(19,16(21)24)14-6-5-13(19)27-14/h3-6,11,13-14H,7-10H2,1-2H3. The summed E-state index contributed by atoms with van der Waals surface area (Å²) in [5.74, 6) is -1.30. The molecule has 3 aliphatic heterocycles. The Morgan fingerprint density at radius 1 is 1.19 bits per heavy atom. The van der Waals surface area contributed by atoms with Gasteiger partial charge in [0.2, 0.25) is 11.8 Å². The molecule has 0 aromatic carbocycles. The number of nitrogens with zero attached hydrogens (tertiary/aromatic N) is 1. The summed E-state index contributed by atoms with van der Waals surface area (Å²) in [6.45, 7) is 0. The van der Waals surface area contributed by atoms with Crippen LogP contribution in [0.25, 0.3) is 0 Å². The molecule has 0 N–H and O–H groups in total. The molecule has 0 aromatic heterocycles. The second kappa shape index (κ2) is 4.95. The van der Waals surface area contributed by atoms with Gasteiger partial charge in [-0.3, -0.25) is 24.1 Å². The number of amides is 2. The van der Waals surface area contributed by atoms with Crippen LogP contribution in [-0.2, 0) is 28.7 Å². The van der Waals surface area contributed by atoms with Gasteiger partial charge in [-0.25, -0.2) is 0 Å². The fraction of sp³-hybridized carbons (Fsp3) is 0.600. The summed E-state index contributed by atoms with van der Waals surface area (Å²) in [6, 6.07) is 0. The SMILES string of the molecule is COC(=O)C1(CC2CC34C(=O)N(C)C(=O)C3(C2)C2C=CC4O2)CC=CC1=O. The van der Waals surface area contributed by atoms with E-state index in [1.165, 1.54) is 25.1 Å². The summed E-state index contributed by atoms with van der Waals surface area (Å²) < 4.78 is 10.9. The number of allylic oxidation sites excluding steroid dienone is 2. The summed E-state index contributed by atoms with van der Waals surface area (Å²) in [4.78, 5) is 52.5. The van der Waals surface area contributed by atoms with Gasteiger partial charge in [-0.1, -0.05) is 18.2 Å². The van der Waals surface area contributed by atoms with Crippen LogP contribution in [0.15, 0.2) is 24.3 Å². The Kier molecular flexibility index (Phi) is 3.09. The topological polar surface area (TPSA) is 90.0 Å². The maximum atomic E-state index is 13.1. The van der Waals surface area contributed by atoms with Gasteiger partial charge in [0.15, 0.2) is 5.78 Å². The van der Waals surface area contributed by atoms with Gasteiger partial charge in [0.25, 0.3) is 0 Å². The molecule has 0 spiro atoms. The molecule has 0 radical (unpaired) electrons. The second-order valence-electron chi connectivity index (χ2n) is 8.50. The number of methoxy groups -OCH3 is 1. The number of carbonyl (C=O) groups is 4. The van der Waals surface area contributed by atoms with E-state index in [2.05, 4.69) is 0 Å². The number of fused-ring (bicyclic) bond motifs is 2. The number of ether oxygens (including phenoxy) is 2. The molecule has 5 unspecified atom stereocenters. The first-order valence-corrected chi connectivity index (χ1v) is 9.29. The van der Waals surface area contributed by atoms with Crippen molar-refractivity contribution in [2.45, 2.75) is 37.9 Å². The van der Waals surface area contributed by atoms with Gasteiger partial charge in [-0.2, -0.15) is 0 Å². The number of hydrogen-bond acceptors (Lipinski definition) is 6. The van der Waals surface area contributed by atoms with E-state index in [1.54, 1.807) is 6.08 Å². The van der Waals surface area contributed by atoms with Crippen molar-refractivity contribution < 1.29 is 28.7 Å². The highest BCUT2D eigenvalue weighted by Gasteiger charge is 2.82. The van der Waals surface area contributed by atoms with E-state index in [0.717, 1.165) is 0 Å². The Balaban J connectivity index is 1.53. The molecule has 142 valence electrons. The van der Waals surface area contributed by atoms with Crippen LogP contribution in [0, 0.1) is 22.2 Å². The van der Waals surface area contributed by atoms with Gasteiger partial charge in [-0.15, -0.1) is 0 Å². The predicted octanol–water partition coefficient (Wildman–Crippen LogP) is 0.783. The predicted molar refractivity (Wildman–Crippen MR) is 91.0 cm³/mol. The number of ketones is 1. The number of carbonyl (C=O) groups excluding carboxylic acids is 4. The van der Waals surface area contributed by atoms with Crippen LogP contribution in [0.2, 0.25) is 0 Å². The minimum absolute atomic E-state index is 0.108.